The SMILES string of the molecule is CC(C)(C)c1ccc2c(c1)c1cc(C(C)(C)C)ccc1n2-c1csc(-c2ccccc2[OH2+])c1O.CCCCC[OH+]c1ccccc1-c1scc(-n2c3ccc(C(C)(C)C)cc3c3cc(C(C)(C)C)ccc32)c1O.[CH2-]c1ccccc1.[CH2-]c1ccccc1.[Hf]. The number of rotatable bonds is 9. The standard InChI is InChI=1S/C35H41NO2S.C30H31NO2S.2C7H7.Hf/c1-8-9-12-19-38-31-14-11-10-13-25(31)33-32(37)30(22-39-33)36-28-17-15-23(34(2,3)4)20-26(28)27-21-24(35(5,6)7)16-18-29(27)36;1-29(2,3)18-11-13-23-21(15-18)22-16-19(30(4,5)6)12-14-24(22)31(23)25-17-34-28(27(25)33)20-9-7-8-10-26(20)32;2*1-7-5-3-2-4-6-7;/h10-11,13-18,20-22,37H,8-9,12,19H2,1-7H3;7-17,32-33H,1-6H3;2*2-6H,1H2;/q;;2*-1;/p+2. The van der Waals surface area contributed by atoms with Crippen LogP contribution in [0.15, 0.2) is 193 Å². The van der Waals surface area contributed by atoms with E-state index in [2.05, 4.69) is 203 Å². The van der Waals surface area contributed by atoms with Crippen molar-refractivity contribution < 1.29 is 45.9 Å². The molecule has 12 aromatic rings. The quantitative estimate of drug-likeness (QED) is 0.0653. The number of para-hydroxylation sites is 2. The zero-order chi connectivity index (χ0) is 62.6. The molecule has 8 aromatic carbocycles. The molecule has 0 spiro atoms. The first-order valence-corrected chi connectivity index (χ1v) is 32.1. The van der Waals surface area contributed by atoms with Crippen molar-refractivity contribution in [3.8, 4) is 55.3 Å². The summed E-state index contributed by atoms with van der Waals surface area (Å²) in [7, 11) is 0. The molecule has 0 saturated heterocycles. The van der Waals surface area contributed by atoms with Crippen LogP contribution in [0.3, 0.4) is 0 Å². The van der Waals surface area contributed by atoms with Gasteiger partial charge in [-0.1, -0.05) is 157 Å². The van der Waals surface area contributed by atoms with Gasteiger partial charge >= 0.3 is 0 Å². The molecule has 4 aromatic heterocycles. The second-order valence-electron chi connectivity index (χ2n) is 26.8. The summed E-state index contributed by atoms with van der Waals surface area (Å²) in [6.07, 6.45) is 3.45. The second kappa shape index (κ2) is 27.5. The van der Waals surface area contributed by atoms with Gasteiger partial charge in [0.15, 0.2) is 18.1 Å². The number of aliphatic hydroxyl groups is 1. The zero-order valence-electron chi connectivity index (χ0n) is 53.8. The van der Waals surface area contributed by atoms with Gasteiger partial charge in [-0.25, -0.2) is 0 Å². The number of nitrogens with zero attached hydrogens (tertiary/aromatic N) is 2. The van der Waals surface area contributed by atoms with E-state index in [1.807, 2.05) is 96.4 Å². The first kappa shape index (κ1) is 66.5. The molecule has 0 bridgehead atoms. The summed E-state index contributed by atoms with van der Waals surface area (Å²) in [6.45, 7) is 37.5. The Morgan fingerprint density at radius 1 is 0.432 bits per heavy atom. The molecule has 0 amide bonds. The number of aromatic nitrogens is 2. The number of ether oxygens (including phenoxy) is 1. The van der Waals surface area contributed by atoms with E-state index in [1.54, 1.807) is 17.4 Å². The maximum atomic E-state index is 11.7. The van der Waals surface area contributed by atoms with E-state index in [0.717, 1.165) is 84.2 Å². The third kappa shape index (κ3) is 14.8. The summed E-state index contributed by atoms with van der Waals surface area (Å²) in [4.78, 5) is 1.60. The number of unbranched alkanes of at least 4 members (excludes halogenated alkanes) is 2. The van der Waals surface area contributed by atoms with E-state index in [0.29, 0.717) is 11.5 Å². The fourth-order valence-corrected chi connectivity index (χ4v) is 12.7. The summed E-state index contributed by atoms with van der Waals surface area (Å²) in [5, 5.41) is 40.3. The van der Waals surface area contributed by atoms with Crippen LogP contribution in [-0.4, -0.2) is 35.8 Å². The van der Waals surface area contributed by atoms with E-state index in [1.165, 1.54) is 68.0 Å². The molecule has 12 rings (SSSR count). The van der Waals surface area contributed by atoms with Crippen LogP contribution in [0, 0.1) is 13.8 Å². The Balaban J connectivity index is 0.000000185. The molecule has 0 unspecified atom stereocenters. The van der Waals surface area contributed by atoms with Crippen LogP contribution in [-0.2, 0) is 47.5 Å². The molecule has 0 aliphatic carbocycles. The van der Waals surface area contributed by atoms with Gasteiger partial charge in [0, 0.05) is 76.7 Å². The smallest absolute Gasteiger partial charge is 0.263 e. The van der Waals surface area contributed by atoms with E-state index in [4.69, 9.17) is 9.84 Å². The molecular formula is C79H88HfN2O4S2. The van der Waals surface area contributed by atoms with Crippen molar-refractivity contribution in [2.75, 3.05) is 6.61 Å². The number of hydrogen-bond donors (Lipinski definition) is 2. The first-order chi connectivity index (χ1) is 41.3. The summed E-state index contributed by atoms with van der Waals surface area (Å²) in [5.41, 5.74) is 15.2. The van der Waals surface area contributed by atoms with Gasteiger partial charge in [-0.3, -0.25) is 0 Å². The van der Waals surface area contributed by atoms with Gasteiger partial charge < -0.3 is 29.2 Å². The summed E-state index contributed by atoms with van der Waals surface area (Å²) < 4.78 is 9.30. The molecule has 0 fully saturated rings. The van der Waals surface area contributed by atoms with Crippen LogP contribution < -0.4 is 0 Å². The first-order valence-electron chi connectivity index (χ1n) is 30.4. The predicted octanol–water partition coefficient (Wildman–Crippen LogP) is 22.2. The second-order valence-corrected chi connectivity index (χ2v) is 28.6. The molecule has 0 atom stereocenters. The molecule has 0 radical (unpaired) electrons. The van der Waals surface area contributed by atoms with Gasteiger partial charge in [-0.15, -0.1) is 46.9 Å². The Bertz CT molecular complexity index is 4130. The molecule has 5 N–H and O–H groups in total. The Hall–Kier alpha value is -7.43. The van der Waals surface area contributed by atoms with E-state index in [-0.39, 0.29) is 53.3 Å². The van der Waals surface area contributed by atoms with Gasteiger partial charge in [0.2, 0.25) is 0 Å². The monoisotopic (exact) mass is 1370 g/mol. The molecular weight excluding hydrogens is 1280 g/mol. The Kier molecular flexibility index (Phi) is 20.8. The van der Waals surface area contributed by atoms with Crippen molar-refractivity contribution in [2.24, 2.45) is 0 Å². The predicted molar refractivity (Wildman–Crippen MR) is 377 cm³/mol. The Morgan fingerprint density at radius 2 is 0.761 bits per heavy atom. The van der Waals surface area contributed by atoms with Gasteiger partial charge in [0.1, 0.15) is 0 Å². The van der Waals surface area contributed by atoms with Crippen molar-refractivity contribution in [1.82, 2.24) is 9.13 Å². The molecule has 0 saturated carbocycles. The van der Waals surface area contributed by atoms with Crippen molar-refractivity contribution in [1.29, 1.82) is 0 Å². The van der Waals surface area contributed by atoms with Gasteiger partial charge in [0.05, 0.1) is 54.3 Å². The normalized spacial score (nSPS) is 11.8. The van der Waals surface area contributed by atoms with Gasteiger partial charge in [0.25, 0.3) is 11.5 Å². The molecule has 454 valence electrons. The minimum absolute atomic E-state index is 0. The van der Waals surface area contributed by atoms with E-state index >= 15 is 0 Å². The van der Waals surface area contributed by atoms with Crippen LogP contribution in [0.4, 0.5) is 0 Å². The largest absolute Gasteiger partial charge is 0.593 e. The van der Waals surface area contributed by atoms with Crippen molar-refractivity contribution in [3.05, 3.63) is 240 Å². The van der Waals surface area contributed by atoms with E-state index in [9.17, 15) is 10.2 Å². The minimum Gasteiger partial charge on any atom is -0.593 e. The van der Waals surface area contributed by atoms with Crippen LogP contribution in [0.2, 0.25) is 0 Å². The molecule has 0 aliphatic rings. The van der Waals surface area contributed by atoms with Crippen LogP contribution >= 0.6 is 22.7 Å². The molecule has 4 heterocycles. The number of hydrogen-bond acceptors (Lipinski definition) is 4. The molecule has 88 heavy (non-hydrogen) atoms. The Labute approximate surface area is 549 Å². The number of fused-ring (bicyclic) bond motifs is 6. The fraction of sp³-hybridized carbons (Fsp3) is 0.266. The third-order valence-electron chi connectivity index (χ3n) is 16.0. The third-order valence-corrected chi connectivity index (χ3v) is 18.0. The van der Waals surface area contributed by atoms with Gasteiger partial charge in [-0.2, -0.15) is 49.2 Å². The fourth-order valence-electron chi connectivity index (χ4n) is 10.8. The maximum Gasteiger partial charge on any atom is 0.263 e. The summed E-state index contributed by atoms with van der Waals surface area (Å²) in [6, 6.07) is 62.3. The average Bonchev–Trinajstić information content (AvgIpc) is 1.86. The summed E-state index contributed by atoms with van der Waals surface area (Å²) >= 11 is 3.07. The van der Waals surface area contributed by atoms with Crippen molar-refractivity contribution in [3.63, 3.8) is 0 Å². The maximum absolute atomic E-state index is 11.7. The average molecular weight is 1370 g/mol. The van der Waals surface area contributed by atoms with Crippen molar-refractivity contribution in [2.45, 2.75) is 131 Å². The van der Waals surface area contributed by atoms with Crippen molar-refractivity contribution >= 4 is 66.3 Å². The Morgan fingerprint density at radius 3 is 1.09 bits per heavy atom. The van der Waals surface area contributed by atoms with Crippen LogP contribution in [0.25, 0.3) is 75.9 Å². The number of thiophene rings is 2. The van der Waals surface area contributed by atoms with Crippen LogP contribution in [0.1, 0.15) is 143 Å². The van der Waals surface area contributed by atoms with E-state index < -0.39 is 0 Å². The van der Waals surface area contributed by atoms with Gasteiger partial charge in [-0.05, 0) is 111 Å². The molecule has 6 nitrogen and oxygen atoms in total. The minimum atomic E-state index is 0. The van der Waals surface area contributed by atoms with Crippen LogP contribution in [0.5, 0.6) is 23.0 Å². The molecule has 0 aliphatic heterocycles. The zero-order valence-corrected chi connectivity index (χ0v) is 59.0. The number of benzene rings is 8. The topological polar surface area (TPSA) is 86.0 Å². The molecule has 9 heteroatoms. The summed E-state index contributed by atoms with van der Waals surface area (Å²) in [5.74, 6) is 1.90. The number of aromatic hydroxyl groups is 3.